The average Bonchev–Trinajstić information content (AvgIpc) is 2.73. The van der Waals surface area contributed by atoms with Crippen molar-refractivity contribution in [3.63, 3.8) is 0 Å². The fraction of sp³-hybridized carbons (Fsp3) is 0.565. The lowest BCUT2D eigenvalue weighted by molar-refractivity contribution is -0.263. The van der Waals surface area contributed by atoms with Crippen molar-refractivity contribution >= 4 is 29.4 Å². The van der Waals surface area contributed by atoms with Crippen molar-refractivity contribution in [2.24, 2.45) is 5.92 Å². The van der Waals surface area contributed by atoms with Crippen LogP contribution in [0.25, 0.3) is 0 Å². The van der Waals surface area contributed by atoms with Crippen molar-refractivity contribution in [1.82, 2.24) is 14.7 Å². The SMILES string of the molecule is Cc1cc(SNC(C)C)ccc1Nc1nccc(N2CC(O)(C(F)(F)F)CCC2C(C)C)n1. The molecule has 1 aliphatic heterocycles. The molecule has 2 heterocycles. The summed E-state index contributed by atoms with van der Waals surface area (Å²) in [5, 5.41) is 13.5. The van der Waals surface area contributed by atoms with E-state index in [2.05, 4.69) is 33.9 Å². The molecule has 6 nitrogen and oxygen atoms in total. The van der Waals surface area contributed by atoms with E-state index in [1.807, 2.05) is 39.0 Å². The summed E-state index contributed by atoms with van der Waals surface area (Å²) < 4.78 is 44.0. The zero-order chi connectivity index (χ0) is 24.4. The first-order valence-corrected chi connectivity index (χ1v) is 11.9. The number of halogens is 3. The predicted molar refractivity (Wildman–Crippen MR) is 127 cm³/mol. The summed E-state index contributed by atoms with van der Waals surface area (Å²) in [4.78, 5) is 11.4. The molecule has 0 aliphatic carbocycles. The summed E-state index contributed by atoms with van der Waals surface area (Å²) in [6.07, 6.45) is -3.28. The third-order valence-corrected chi connectivity index (χ3v) is 6.85. The Bertz CT molecular complexity index is 956. The van der Waals surface area contributed by atoms with Gasteiger partial charge in [0.2, 0.25) is 5.95 Å². The molecule has 1 saturated heterocycles. The molecule has 3 rings (SSSR count). The molecule has 2 unspecified atom stereocenters. The number of piperidine rings is 1. The van der Waals surface area contributed by atoms with Gasteiger partial charge in [0.25, 0.3) is 0 Å². The lowest BCUT2D eigenvalue weighted by Gasteiger charge is -2.46. The van der Waals surface area contributed by atoms with Gasteiger partial charge in [0.05, 0.1) is 6.54 Å². The molecule has 1 aromatic carbocycles. The molecule has 0 spiro atoms. The van der Waals surface area contributed by atoms with Crippen LogP contribution in [0.4, 0.5) is 30.6 Å². The quantitative estimate of drug-likeness (QED) is 0.452. The Morgan fingerprint density at radius 1 is 1.21 bits per heavy atom. The number of benzene rings is 1. The van der Waals surface area contributed by atoms with E-state index in [4.69, 9.17) is 0 Å². The van der Waals surface area contributed by atoms with Gasteiger partial charge in [-0.2, -0.15) is 18.2 Å². The van der Waals surface area contributed by atoms with E-state index in [1.165, 1.54) is 6.20 Å². The van der Waals surface area contributed by atoms with E-state index in [0.717, 1.165) is 16.1 Å². The van der Waals surface area contributed by atoms with E-state index in [1.54, 1.807) is 22.9 Å². The van der Waals surface area contributed by atoms with Gasteiger partial charge in [0, 0.05) is 28.9 Å². The Hall–Kier alpha value is -2.04. The van der Waals surface area contributed by atoms with Gasteiger partial charge in [-0.1, -0.05) is 13.8 Å². The Morgan fingerprint density at radius 2 is 1.94 bits per heavy atom. The number of aromatic nitrogens is 2. The lowest BCUT2D eigenvalue weighted by atomic mass is 9.84. The molecule has 0 saturated carbocycles. The summed E-state index contributed by atoms with van der Waals surface area (Å²) in [5.41, 5.74) is -0.957. The van der Waals surface area contributed by atoms with Gasteiger partial charge < -0.3 is 15.3 Å². The number of aliphatic hydroxyl groups is 1. The molecule has 1 fully saturated rings. The van der Waals surface area contributed by atoms with Crippen molar-refractivity contribution in [3.05, 3.63) is 36.0 Å². The zero-order valence-corrected chi connectivity index (χ0v) is 20.4. The summed E-state index contributed by atoms with van der Waals surface area (Å²) in [7, 11) is 0. The number of nitrogens with one attached hydrogen (secondary N) is 2. The van der Waals surface area contributed by atoms with Gasteiger partial charge in [-0.15, -0.1) is 0 Å². The number of anilines is 3. The molecule has 2 atom stereocenters. The van der Waals surface area contributed by atoms with Gasteiger partial charge in [0.15, 0.2) is 5.60 Å². The van der Waals surface area contributed by atoms with E-state index >= 15 is 0 Å². The van der Waals surface area contributed by atoms with Crippen molar-refractivity contribution in [2.45, 2.75) is 76.2 Å². The summed E-state index contributed by atoms with van der Waals surface area (Å²) in [6, 6.07) is 7.71. The molecule has 0 bridgehead atoms. The van der Waals surface area contributed by atoms with Crippen molar-refractivity contribution in [2.75, 3.05) is 16.8 Å². The highest BCUT2D eigenvalue weighted by molar-refractivity contribution is 7.97. The maximum Gasteiger partial charge on any atom is 0.418 e. The Balaban J connectivity index is 1.83. The first kappa shape index (κ1) is 25.6. The van der Waals surface area contributed by atoms with Crippen LogP contribution in [0.5, 0.6) is 0 Å². The van der Waals surface area contributed by atoms with Crippen molar-refractivity contribution in [3.8, 4) is 0 Å². The van der Waals surface area contributed by atoms with Gasteiger partial charge in [0.1, 0.15) is 5.82 Å². The number of hydrogen-bond donors (Lipinski definition) is 3. The van der Waals surface area contributed by atoms with Crippen LogP contribution in [-0.4, -0.2) is 45.5 Å². The number of aryl methyl sites for hydroxylation is 1. The van der Waals surface area contributed by atoms with Crippen LogP contribution in [0.3, 0.4) is 0 Å². The van der Waals surface area contributed by atoms with Gasteiger partial charge >= 0.3 is 6.18 Å². The highest BCUT2D eigenvalue weighted by atomic mass is 32.2. The van der Waals surface area contributed by atoms with Crippen LogP contribution in [0.2, 0.25) is 0 Å². The fourth-order valence-electron chi connectivity index (χ4n) is 3.91. The maximum atomic E-state index is 13.6. The average molecular weight is 484 g/mol. The second-order valence-corrected chi connectivity index (χ2v) is 10.1. The third-order valence-electron chi connectivity index (χ3n) is 5.78. The maximum absolute atomic E-state index is 13.6. The molecular weight excluding hydrogens is 451 g/mol. The Morgan fingerprint density at radius 3 is 2.55 bits per heavy atom. The standard InChI is InChI=1S/C23H32F3N5OS/c1-14(2)19-8-10-22(32,23(24,25)26)13-31(19)20-9-11-27-21(29-20)28-18-7-6-17(12-16(18)5)33-30-15(3)4/h6-7,9,11-12,14-15,19,30,32H,8,10,13H2,1-5H3,(H,27,28,29). The molecule has 0 radical (unpaired) electrons. The van der Waals surface area contributed by atoms with Crippen LogP contribution >= 0.6 is 11.9 Å². The van der Waals surface area contributed by atoms with Crippen LogP contribution in [-0.2, 0) is 0 Å². The number of rotatable bonds is 7. The monoisotopic (exact) mass is 483 g/mol. The second kappa shape index (κ2) is 10.1. The van der Waals surface area contributed by atoms with Crippen molar-refractivity contribution < 1.29 is 18.3 Å². The normalized spacial score (nSPS) is 21.7. The van der Waals surface area contributed by atoms with Gasteiger partial charge in [-0.25, -0.2) is 4.98 Å². The summed E-state index contributed by atoms with van der Waals surface area (Å²) in [5.74, 6) is 0.750. The number of hydrogen-bond acceptors (Lipinski definition) is 7. The van der Waals surface area contributed by atoms with Crippen LogP contribution in [0.1, 0.15) is 46.1 Å². The highest BCUT2D eigenvalue weighted by Crippen LogP contribution is 2.41. The minimum Gasteiger partial charge on any atom is -0.379 e. The van der Waals surface area contributed by atoms with Crippen LogP contribution < -0.4 is 14.9 Å². The number of β-amino-alcohol motifs (C(OH)–C–C–N with tert-alkyl or cyclic N) is 1. The van der Waals surface area contributed by atoms with Crippen LogP contribution in [0.15, 0.2) is 35.4 Å². The first-order chi connectivity index (χ1) is 15.4. The van der Waals surface area contributed by atoms with E-state index < -0.39 is 18.3 Å². The lowest BCUT2D eigenvalue weighted by Crippen LogP contribution is -2.61. The predicted octanol–water partition coefficient (Wildman–Crippen LogP) is 5.45. The smallest absolute Gasteiger partial charge is 0.379 e. The molecule has 33 heavy (non-hydrogen) atoms. The largest absolute Gasteiger partial charge is 0.418 e. The van der Waals surface area contributed by atoms with Crippen molar-refractivity contribution in [1.29, 1.82) is 0 Å². The molecule has 182 valence electrons. The summed E-state index contributed by atoms with van der Waals surface area (Å²) >= 11 is 1.55. The Labute approximate surface area is 197 Å². The number of alkyl halides is 3. The van der Waals surface area contributed by atoms with E-state index in [-0.39, 0.29) is 24.8 Å². The molecule has 1 aromatic heterocycles. The molecule has 0 amide bonds. The second-order valence-electron chi connectivity index (χ2n) is 9.22. The number of nitrogens with zero attached hydrogens (tertiary/aromatic N) is 3. The van der Waals surface area contributed by atoms with E-state index in [0.29, 0.717) is 17.8 Å². The Kier molecular flexibility index (Phi) is 7.80. The molecule has 1 aliphatic rings. The minimum absolute atomic E-state index is 0.0981. The third kappa shape index (κ3) is 6.10. The zero-order valence-electron chi connectivity index (χ0n) is 19.6. The molecular formula is C23H32F3N5OS. The fourth-order valence-corrected chi connectivity index (χ4v) is 4.66. The van der Waals surface area contributed by atoms with Crippen LogP contribution in [0, 0.1) is 12.8 Å². The highest BCUT2D eigenvalue weighted by Gasteiger charge is 2.57. The summed E-state index contributed by atoms with van der Waals surface area (Å²) in [6.45, 7) is 9.49. The minimum atomic E-state index is -4.71. The first-order valence-electron chi connectivity index (χ1n) is 11.1. The van der Waals surface area contributed by atoms with Gasteiger partial charge in [-0.05, 0) is 81.3 Å². The van der Waals surface area contributed by atoms with E-state index in [9.17, 15) is 18.3 Å². The molecule has 10 heteroatoms. The molecule has 2 aromatic rings. The molecule has 3 N–H and O–H groups in total. The topological polar surface area (TPSA) is 73.3 Å². The van der Waals surface area contributed by atoms with Gasteiger partial charge in [-0.3, -0.25) is 4.72 Å².